The van der Waals surface area contributed by atoms with Gasteiger partial charge in [0.15, 0.2) is 5.43 Å². The maximum atomic E-state index is 12.3. The third-order valence-corrected chi connectivity index (χ3v) is 3.28. The highest BCUT2D eigenvalue weighted by molar-refractivity contribution is 6.02. The molecule has 5 heteroatoms. The Hall–Kier alpha value is -3.34. The minimum atomic E-state index is -0.459. The van der Waals surface area contributed by atoms with Gasteiger partial charge in [-0.3, -0.25) is 9.59 Å². The molecule has 3 aromatic rings. The monoisotopic (exact) mass is 307 g/mol. The number of phenolic OH excluding ortho intramolecular Hbond substituents is 1. The van der Waals surface area contributed by atoms with Gasteiger partial charge < -0.3 is 14.8 Å². The van der Waals surface area contributed by atoms with Crippen molar-refractivity contribution in [1.82, 2.24) is 0 Å². The van der Waals surface area contributed by atoms with Gasteiger partial charge in [0, 0.05) is 6.08 Å². The van der Waals surface area contributed by atoms with Crippen LogP contribution in [0, 0.1) is 0 Å². The van der Waals surface area contributed by atoms with E-state index in [1.807, 2.05) is 0 Å². The van der Waals surface area contributed by atoms with E-state index in [-0.39, 0.29) is 16.7 Å². The van der Waals surface area contributed by atoms with Crippen LogP contribution in [0.15, 0.2) is 70.1 Å². The number of anilines is 1. The van der Waals surface area contributed by atoms with Gasteiger partial charge in [0.05, 0.1) is 16.6 Å². The van der Waals surface area contributed by atoms with Crippen molar-refractivity contribution < 1.29 is 14.3 Å². The molecule has 0 radical (unpaired) electrons. The molecule has 0 fully saturated rings. The van der Waals surface area contributed by atoms with Crippen LogP contribution in [0.3, 0.4) is 0 Å². The van der Waals surface area contributed by atoms with Crippen LogP contribution in [0.1, 0.15) is 5.56 Å². The summed E-state index contributed by atoms with van der Waals surface area (Å²) in [7, 11) is 0. The van der Waals surface area contributed by atoms with Crippen LogP contribution < -0.4 is 10.7 Å². The Morgan fingerprint density at radius 3 is 2.65 bits per heavy atom. The molecule has 0 spiro atoms. The first-order valence-corrected chi connectivity index (χ1v) is 6.93. The number of nitrogens with one attached hydrogen (secondary N) is 1. The Morgan fingerprint density at radius 1 is 1.09 bits per heavy atom. The van der Waals surface area contributed by atoms with Crippen molar-refractivity contribution in [2.75, 3.05) is 5.32 Å². The van der Waals surface area contributed by atoms with Crippen molar-refractivity contribution in [3.05, 3.63) is 76.7 Å². The molecule has 0 aliphatic heterocycles. The normalized spacial score (nSPS) is 11.0. The van der Waals surface area contributed by atoms with E-state index in [1.54, 1.807) is 42.5 Å². The second-order valence-electron chi connectivity index (χ2n) is 4.86. The van der Waals surface area contributed by atoms with Crippen LogP contribution in [0.5, 0.6) is 5.75 Å². The first-order valence-electron chi connectivity index (χ1n) is 6.93. The Kier molecular flexibility index (Phi) is 3.93. The lowest BCUT2D eigenvalue weighted by Crippen LogP contribution is -2.09. The van der Waals surface area contributed by atoms with Crippen molar-refractivity contribution in [2.24, 2.45) is 0 Å². The Balaban J connectivity index is 1.83. The van der Waals surface area contributed by atoms with E-state index < -0.39 is 5.91 Å². The van der Waals surface area contributed by atoms with Gasteiger partial charge in [0.25, 0.3) is 0 Å². The van der Waals surface area contributed by atoms with Gasteiger partial charge >= 0.3 is 0 Å². The SMILES string of the molecule is O=C(/C=C/c1coc2ccccc2c1=O)Nc1ccccc1O. The average Bonchev–Trinajstić information content (AvgIpc) is 2.57. The molecule has 0 atom stereocenters. The molecule has 3 rings (SSSR count). The molecular weight excluding hydrogens is 294 g/mol. The van der Waals surface area contributed by atoms with Crippen LogP contribution >= 0.6 is 0 Å². The number of hydrogen-bond donors (Lipinski definition) is 2. The van der Waals surface area contributed by atoms with Gasteiger partial charge in [0.1, 0.15) is 17.6 Å². The molecule has 23 heavy (non-hydrogen) atoms. The summed E-state index contributed by atoms with van der Waals surface area (Å²) in [4.78, 5) is 24.1. The Bertz CT molecular complexity index is 956. The number of aromatic hydroxyl groups is 1. The fraction of sp³-hybridized carbons (Fsp3) is 0. The first kappa shape index (κ1) is 14.6. The average molecular weight is 307 g/mol. The molecule has 114 valence electrons. The fourth-order valence-electron chi connectivity index (χ4n) is 2.13. The third kappa shape index (κ3) is 3.13. The van der Waals surface area contributed by atoms with Crippen molar-refractivity contribution >= 4 is 28.6 Å². The summed E-state index contributed by atoms with van der Waals surface area (Å²) in [6.07, 6.45) is 3.91. The van der Waals surface area contributed by atoms with E-state index in [0.717, 1.165) is 0 Å². The second kappa shape index (κ2) is 6.19. The smallest absolute Gasteiger partial charge is 0.248 e. The van der Waals surface area contributed by atoms with E-state index in [0.29, 0.717) is 16.7 Å². The summed E-state index contributed by atoms with van der Waals surface area (Å²) in [6, 6.07) is 13.3. The quantitative estimate of drug-likeness (QED) is 0.575. The van der Waals surface area contributed by atoms with Gasteiger partial charge in [-0.15, -0.1) is 0 Å². The molecule has 1 heterocycles. The van der Waals surface area contributed by atoms with E-state index in [2.05, 4.69) is 5.32 Å². The number of rotatable bonds is 3. The predicted molar refractivity (Wildman–Crippen MR) is 88.3 cm³/mol. The molecule has 0 bridgehead atoms. The van der Waals surface area contributed by atoms with Crippen LogP contribution in [0.25, 0.3) is 17.0 Å². The number of carbonyl (C=O) groups is 1. The summed E-state index contributed by atoms with van der Waals surface area (Å²) < 4.78 is 5.37. The van der Waals surface area contributed by atoms with E-state index in [1.165, 1.54) is 24.5 Å². The molecular formula is C18H13NO4. The zero-order valence-corrected chi connectivity index (χ0v) is 12.0. The molecule has 0 saturated carbocycles. The number of phenols is 1. The zero-order valence-electron chi connectivity index (χ0n) is 12.0. The summed E-state index contributed by atoms with van der Waals surface area (Å²) in [5.41, 5.74) is 0.857. The molecule has 0 aliphatic rings. The highest BCUT2D eigenvalue weighted by atomic mass is 16.3. The lowest BCUT2D eigenvalue weighted by atomic mass is 10.1. The van der Waals surface area contributed by atoms with Crippen LogP contribution in [0.4, 0.5) is 5.69 Å². The zero-order chi connectivity index (χ0) is 16.2. The number of hydrogen-bond acceptors (Lipinski definition) is 4. The second-order valence-corrected chi connectivity index (χ2v) is 4.86. The van der Waals surface area contributed by atoms with Gasteiger partial charge in [-0.25, -0.2) is 0 Å². The topological polar surface area (TPSA) is 79.5 Å². The summed E-state index contributed by atoms with van der Waals surface area (Å²) >= 11 is 0. The summed E-state index contributed by atoms with van der Waals surface area (Å²) in [6.45, 7) is 0. The molecule has 0 aliphatic carbocycles. The molecule has 1 aromatic heterocycles. The van der Waals surface area contributed by atoms with Gasteiger partial charge in [-0.05, 0) is 30.3 Å². The predicted octanol–water partition coefficient (Wildman–Crippen LogP) is 3.15. The highest BCUT2D eigenvalue weighted by Crippen LogP contribution is 2.21. The number of amides is 1. The maximum absolute atomic E-state index is 12.3. The van der Waals surface area contributed by atoms with Gasteiger partial charge in [0.2, 0.25) is 5.91 Å². The fourth-order valence-corrected chi connectivity index (χ4v) is 2.13. The highest BCUT2D eigenvalue weighted by Gasteiger charge is 2.05. The maximum Gasteiger partial charge on any atom is 0.248 e. The Labute approximate surface area is 131 Å². The van der Waals surface area contributed by atoms with Crippen LogP contribution in [-0.2, 0) is 4.79 Å². The third-order valence-electron chi connectivity index (χ3n) is 3.28. The molecule has 1 amide bonds. The van der Waals surface area contributed by atoms with Crippen LogP contribution in [-0.4, -0.2) is 11.0 Å². The summed E-state index contributed by atoms with van der Waals surface area (Å²) in [5.74, 6) is -0.487. The lowest BCUT2D eigenvalue weighted by molar-refractivity contribution is -0.111. The van der Waals surface area contributed by atoms with Crippen molar-refractivity contribution in [1.29, 1.82) is 0 Å². The molecule has 0 saturated heterocycles. The summed E-state index contributed by atoms with van der Waals surface area (Å²) in [5, 5.41) is 12.6. The number of para-hydroxylation sites is 3. The van der Waals surface area contributed by atoms with E-state index in [9.17, 15) is 14.7 Å². The molecule has 2 aromatic carbocycles. The molecule has 2 N–H and O–H groups in total. The van der Waals surface area contributed by atoms with Crippen molar-refractivity contribution in [3.63, 3.8) is 0 Å². The molecule has 5 nitrogen and oxygen atoms in total. The Morgan fingerprint density at radius 2 is 1.83 bits per heavy atom. The van der Waals surface area contributed by atoms with E-state index >= 15 is 0 Å². The molecule has 0 unspecified atom stereocenters. The largest absolute Gasteiger partial charge is 0.506 e. The number of benzene rings is 2. The number of fused-ring (bicyclic) bond motifs is 1. The van der Waals surface area contributed by atoms with Gasteiger partial charge in [-0.2, -0.15) is 0 Å². The number of carbonyl (C=O) groups excluding carboxylic acids is 1. The van der Waals surface area contributed by atoms with E-state index in [4.69, 9.17) is 4.42 Å². The minimum Gasteiger partial charge on any atom is -0.506 e. The standard InChI is InChI=1S/C18H13NO4/c20-15-7-3-2-6-14(15)19-17(21)10-9-12-11-23-16-8-4-1-5-13(16)18(12)22/h1-11,20H,(H,19,21)/b10-9+. The van der Waals surface area contributed by atoms with Gasteiger partial charge in [-0.1, -0.05) is 24.3 Å². The van der Waals surface area contributed by atoms with Crippen molar-refractivity contribution in [3.8, 4) is 5.75 Å². The lowest BCUT2D eigenvalue weighted by Gasteiger charge is -2.03. The minimum absolute atomic E-state index is 0.0283. The first-order chi connectivity index (χ1) is 11.1. The van der Waals surface area contributed by atoms with Crippen LogP contribution in [0.2, 0.25) is 0 Å². The van der Waals surface area contributed by atoms with Crippen molar-refractivity contribution in [2.45, 2.75) is 0 Å².